The molecule has 10 heteroatoms. The highest BCUT2D eigenvalue weighted by Gasteiger charge is 2.74. The molecule has 0 bridgehead atoms. The van der Waals surface area contributed by atoms with E-state index in [0.717, 1.165) is 0 Å². The van der Waals surface area contributed by atoms with Crippen molar-refractivity contribution in [1.29, 1.82) is 0 Å². The summed E-state index contributed by atoms with van der Waals surface area (Å²) in [5.41, 5.74) is 6.29. The number of amides is 1. The second-order valence-corrected chi connectivity index (χ2v) is 2.65. The third-order valence-corrected chi connectivity index (χ3v) is 1.41. The fourth-order valence-corrected chi connectivity index (χ4v) is 0.603. The van der Waals surface area contributed by atoms with Gasteiger partial charge in [0.15, 0.2) is 0 Å². The fourth-order valence-electron chi connectivity index (χ4n) is 0.603. The first-order valence-corrected chi connectivity index (χ1v) is 3.43. The molecular formula is C6H5F7N2O. The van der Waals surface area contributed by atoms with Crippen LogP contribution in [-0.4, -0.2) is 23.9 Å². The molecule has 94 valence electrons. The molecule has 3 nitrogen and oxygen atoms in total. The van der Waals surface area contributed by atoms with Crippen molar-refractivity contribution in [2.24, 2.45) is 11.5 Å². The van der Waals surface area contributed by atoms with Gasteiger partial charge in [-0.25, -0.2) is 0 Å². The van der Waals surface area contributed by atoms with E-state index < -0.39 is 35.7 Å². The van der Waals surface area contributed by atoms with Crippen molar-refractivity contribution in [3.8, 4) is 0 Å². The van der Waals surface area contributed by atoms with E-state index in [1.807, 2.05) is 0 Å². The van der Waals surface area contributed by atoms with E-state index >= 15 is 0 Å². The number of carbonyl (C=O) groups is 1. The first-order chi connectivity index (χ1) is 6.84. The molecule has 0 aliphatic carbocycles. The van der Waals surface area contributed by atoms with Crippen LogP contribution in [0.25, 0.3) is 0 Å². The molecule has 0 aromatic rings. The van der Waals surface area contributed by atoms with Crippen molar-refractivity contribution in [3.63, 3.8) is 0 Å². The quantitative estimate of drug-likeness (QED) is 0.585. The normalized spacial score (nSPS) is 15.1. The van der Waals surface area contributed by atoms with Gasteiger partial charge in [-0.05, 0) is 0 Å². The molecular weight excluding hydrogens is 249 g/mol. The van der Waals surface area contributed by atoms with Crippen LogP contribution in [0.3, 0.4) is 0 Å². The Labute approximate surface area is 83.9 Å². The zero-order valence-corrected chi connectivity index (χ0v) is 7.29. The lowest BCUT2D eigenvalue weighted by atomic mass is 10.1. The maximum atomic E-state index is 12.6. The van der Waals surface area contributed by atoms with Gasteiger partial charge >= 0.3 is 18.0 Å². The van der Waals surface area contributed by atoms with Gasteiger partial charge in [-0.1, -0.05) is 0 Å². The van der Waals surface area contributed by atoms with Gasteiger partial charge in [-0.15, -0.1) is 0 Å². The van der Waals surface area contributed by atoms with E-state index in [-0.39, 0.29) is 0 Å². The van der Waals surface area contributed by atoms with Crippen LogP contribution in [0, 0.1) is 0 Å². The van der Waals surface area contributed by atoms with Crippen molar-refractivity contribution in [2.75, 3.05) is 0 Å². The Balaban J connectivity index is 5.44. The molecule has 0 rings (SSSR count). The summed E-state index contributed by atoms with van der Waals surface area (Å²) in [5.74, 6) is -13.8. The lowest BCUT2D eigenvalue weighted by Crippen LogP contribution is -2.54. The van der Waals surface area contributed by atoms with Crippen molar-refractivity contribution >= 4 is 5.91 Å². The average molecular weight is 254 g/mol. The summed E-state index contributed by atoms with van der Waals surface area (Å²) in [7, 11) is 0. The number of rotatable bonds is 3. The Bertz CT molecular complexity index is 319. The Hall–Kier alpha value is -1.48. The number of halogens is 7. The van der Waals surface area contributed by atoms with Crippen LogP contribution in [0.1, 0.15) is 0 Å². The van der Waals surface area contributed by atoms with E-state index in [4.69, 9.17) is 0 Å². The average Bonchev–Trinajstić information content (AvgIpc) is 2.00. The largest absolute Gasteiger partial charge is 0.460 e. The highest BCUT2D eigenvalue weighted by molar-refractivity contribution is 5.86. The van der Waals surface area contributed by atoms with Gasteiger partial charge in [-0.2, -0.15) is 30.7 Å². The van der Waals surface area contributed by atoms with E-state index in [2.05, 4.69) is 11.5 Å². The third kappa shape index (κ3) is 2.36. The van der Waals surface area contributed by atoms with Crippen LogP contribution < -0.4 is 11.5 Å². The molecule has 0 aromatic carbocycles. The van der Waals surface area contributed by atoms with Gasteiger partial charge in [0.2, 0.25) is 5.91 Å². The van der Waals surface area contributed by atoms with Crippen LogP contribution >= 0.6 is 0 Å². The second-order valence-electron chi connectivity index (χ2n) is 2.65. The Kier molecular flexibility index (Phi) is 3.48. The molecule has 0 radical (unpaired) electrons. The summed E-state index contributed by atoms with van der Waals surface area (Å²) >= 11 is 0. The minimum absolute atomic E-state index is 0.403. The van der Waals surface area contributed by atoms with Gasteiger partial charge in [0.05, 0.1) is 5.70 Å². The number of primary amides is 1. The third-order valence-electron chi connectivity index (χ3n) is 1.41. The molecule has 0 aromatic heterocycles. The lowest BCUT2D eigenvalue weighted by Gasteiger charge is -2.28. The molecule has 0 saturated carbocycles. The number of hydrogen-bond donors (Lipinski definition) is 2. The highest BCUT2D eigenvalue weighted by atomic mass is 19.4. The summed E-state index contributed by atoms with van der Waals surface area (Å²) in [6.45, 7) is 0. The van der Waals surface area contributed by atoms with Gasteiger partial charge in [0.1, 0.15) is 0 Å². The summed E-state index contributed by atoms with van der Waals surface area (Å²) in [5, 5.41) is 0. The molecule has 1 amide bonds. The fraction of sp³-hybridized carbons (Fsp3) is 0.500. The van der Waals surface area contributed by atoms with Gasteiger partial charge < -0.3 is 11.5 Å². The Morgan fingerprint density at radius 3 is 1.56 bits per heavy atom. The van der Waals surface area contributed by atoms with Crippen LogP contribution in [0.5, 0.6) is 0 Å². The molecule has 0 saturated heterocycles. The summed E-state index contributed by atoms with van der Waals surface area (Å²) in [6.07, 6.45) is -6.91. The predicted octanol–water partition coefficient (Wildman–Crippen LogP) is 1.15. The molecule has 0 heterocycles. The predicted molar refractivity (Wildman–Crippen MR) is 37.4 cm³/mol. The van der Waals surface area contributed by atoms with Crippen LogP contribution in [0.2, 0.25) is 0 Å². The smallest absolute Gasteiger partial charge is 0.397 e. The van der Waals surface area contributed by atoms with Crippen molar-refractivity contribution in [3.05, 3.63) is 11.8 Å². The van der Waals surface area contributed by atoms with Crippen molar-refractivity contribution in [2.45, 2.75) is 18.0 Å². The summed E-state index contributed by atoms with van der Waals surface area (Å²) < 4.78 is 84.5. The van der Waals surface area contributed by atoms with E-state index in [1.54, 1.807) is 0 Å². The summed E-state index contributed by atoms with van der Waals surface area (Å²) in [6, 6.07) is 0. The molecule has 0 aliphatic heterocycles. The minimum Gasteiger partial charge on any atom is -0.397 e. The van der Waals surface area contributed by atoms with Crippen molar-refractivity contribution in [1.82, 2.24) is 0 Å². The minimum atomic E-state index is -6.51. The number of allylic oxidation sites excluding steroid dienone is 1. The first kappa shape index (κ1) is 14.5. The van der Waals surface area contributed by atoms with E-state index in [0.29, 0.717) is 0 Å². The number of carbonyl (C=O) groups excluding carboxylic acids is 1. The number of alkyl halides is 7. The van der Waals surface area contributed by atoms with Gasteiger partial charge in [0.25, 0.3) is 0 Å². The second kappa shape index (κ2) is 3.83. The Morgan fingerprint density at radius 1 is 0.938 bits per heavy atom. The zero-order chi connectivity index (χ0) is 13.4. The van der Waals surface area contributed by atoms with E-state index in [1.165, 1.54) is 0 Å². The molecule has 4 N–H and O–H groups in total. The Morgan fingerprint density at radius 2 is 1.31 bits per heavy atom. The zero-order valence-electron chi connectivity index (χ0n) is 7.29. The van der Waals surface area contributed by atoms with Crippen LogP contribution in [0.15, 0.2) is 11.8 Å². The van der Waals surface area contributed by atoms with Gasteiger partial charge in [-0.3, -0.25) is 4.79 Å². The van der Waals surface area contributed by atoms with Crippen LogP contribution in [0.4, 0.5) is 30.7 Å². The standard InChI is InChI=1S/C6H5F7N2O/c7-4(8,2(14)1-3(15)16)5(9,10)6(11,12)13/h1H,14H2,(H2,15,16)/b2-1-. The lowest BCUT2D eigenvalue weighted by molar-refractivity contribution is -0.344. The van der Waals surface area contributed by atoms with Gasteiger partial charge in [0, 0.05) is 6.08 Å². The first-order valence-electron chi connectivity index (χ1n) is 3.43. The maximum Gasteiger partial charge on any atom is 0.460 e. The maximum absolute atomic E-state index is 12.6. The van der Waals surface area contributed by atoms with Crippen LogP contribution in [-0.2, 0) is 4.79 Å². The number of hydrogen-bond acceptors (Lipinski definition) is 2. The SMILES string of the molecule is NC(=O)/C=C(\N)C(F)(F)C(F)(F)C(F)(F)F. The molecule has 0 aliphatic rings. The van der Waals surface area contributed by atoms with Crippen molar-refractivity contribution < 1.29 is 35.5 Å². The highest BCUT2D eigenvalue weighted by Crippen LogP contribution is 2.48. The molecule has 0 atom stereocenters. The summed E-state index contributed by atoms with van der Waals surface area (Å²) in [4.78, 5) is 10.0. The molecule has 16 heavy (non-hydrogen) atoms. The monoisotopic (exact) mass is 254 g/mol. The molecule has 0 spiro atoms. The molecule has 0 unspecified atom stereocenters. The number of nitrogens with two attached hydrogens (primary N) is 2. The molecule has 0 fully saturated rings. The topological polar surface area (TPSA) is 69.1 Å². The van der Waals surface area contributed by atoms with E-state index in [9.17, 15) is 35.5 Å².